The minimum atomic E-state index is -0.503. The maximum absolute atomic E-state index is 11.9. The van der Waals surface area contributed by atoms with Gasteiger partial charge in [-0.2, -0.15) is 5.10 Å². The van der Waals surface area contributed by atoms with Crippen LogP contribution >= 0.6 is 0 Å². The minimum absolute atomic E-state index is 0.0862. The van der Waals surface area contributed by atoms with Crippen molar-refractivity contribution in [2.75, 3.05) is 5.32 Å². The van der Waals surface area contributed by atoms with Gasteiger partial charge >= 0.3 is 17.7 Å². The first kappa shape index (κ1) is 19.2. The van der Waals surface area contributed by atoms with Gasteiger partial charge in [0, 0.05) is 12.1 Å². The molecule has 4 N–H and O–H groups in total. The topological polar surface area (TPSA) is 129 Å². The van der Waals surface area contributed by atoms with Crippen LogP contribution in [-0.4, -0.2) is 32.8 Å². The van der Waals surface area contributed by atoms with Gasteiger partial charge < -0.3 is 15.4 Å². The van der Waals surface area contributed by atoms with Crippen molar-refractivity contribution in [1.29, 1.82) is 0 Å². The Morgan fingerprint density at radius 1 is 1.27 bits per heavy atom. The highest BCUT2D eigenvalue weighted by atomic mass is 16.6. The van der Waals surface area contributed by atoms with Crippen LogP contribution in [0.25, 0.3) is 0 Å². The van der Waals surface area contributed by atoms with Gasteiger partial charge in [-0.3, -0.25) is 9.78 Å². The molecule has 0 saturated carbocycles. The van der Waals surface area contributed by atoms with E-state index in [-0.39, 0.29) is 18.9 Å². The lowest BCUT2D eigenvalue weighted by molar-refractivity contribution is -0.154. The molecular weight excluding hydrogens is 338 g/mol. The van der Waals surface area contributed by atoms with E-state index in [4.69, 9.17) is 4.74 Å². The number of hydrogen-bond acceptors (Lipinski definition) is 5. The zero-order valence-electron chi connectivity index (χ0n) is 15.0. The molecule has 0 saturated heterocycles. The number of urea groups is 1. The second kappa shape index (κ2) is 8.32. The van der Waals surface area contributed by atoms with E-state index >= 15 is 0 Å². The van der Waals surface area contributed by atoms with E-state index in [1.807, 2.05) is 26.8 Å². The lowest BCUT2D eigenvalue weighted by Crippen LogP contribution is -2.28. The van der Waals surface area contributed by atoms with Gasteiger partial charge in [-0.15, -0.1) is 0 Å². The molecule has 0 atom stereocenters. The third-order valence-electron chi connectivity index (χ3n) is 3.19. The Hall–Kier alpha value is -3.10. The predicted molar refractivity (Wildman–Crippen MR) is 95.7 cm³/mol. The number of esters is 1. The highest BCUT2D eigenvalue weighted by molar-refractivity contribution is 5.89. The molecule has 0 radical (unpaired) electrons. The van der Waals surface area contributed by atoms with Crippen LogP contribution in [0.3, 0.4) is 0 Å². The molecule has 1 heterocycles. The molecule has 9 nitrogen and oxygen atoms in total. The number of ether oxygens (including phenoxy) is 1. The molecule has 140 valence electrons. The maximum Gasteiger partial charge on any atom is 0.340 e. The first-order valence-corrected chi connectivity index (χ1v) is 8.20. The molecule has 2 rings (SSSR count). The Morgan fingerprint density at radius 3 is 2.69 bits per heavy atom. The Labute approximate surface area is 150 Å². The Morgan fingerprint density at radius 2 is 2.04 bits per heavy atom. The molecule has 1 aromatic heterocycles. The average Bonchev–Trinajstić information content (AvgIpc) is 2.95. The molecule has 0 aliphatic carbocycles. The summed E-state index contributed by atoms with van der Waals surface area (Å²) in [7, 11) is 0. The molecule has 9 heteroatoms. The van der Waals surface area contributed by atoms with E-state index in [9.17, 15) is 14.4 Å². The number of benzene rings is 1. The summed E-state index contributed by atoms with van der Waals surface area (Å²) in [5.74, 6) is 0.0675. The second-order valence-electron chi connectivity index (χ2n) is 6.72. The van der Waals surface area contributed by atoms with Gasteiger partial charge in [-0.1, -0.05) is 12.1 Å². The highest BCUT2D eigenvalue weighted by Crippen LogP contribution is 2.14. The van der Waals surface area contributed by atoms with Crippen LogP contribution in [0.2, 0.25) is 0 Å². The van der Waals surface area contributed by atoms with E-state index in [1.54, 1.807) is 18.2 Å². The van der Waals surface area contributed by atoms with Crippen molar-refractivity contribution in [1.82, 2.24) is 20.5 Å². The fourth-order valence-corrected chi connectivity index (χ4v) is 2.17. The molecule has 2 aromatic rings. The van der Waals surface area contributed by atoms with E-state index in [1.165, 1.54) is 0 Å². The Kier molecular flexibility index (Phi) is 6.16. The van der Waals surface area contributed by atoms with Gasteiger partial charge in [-0.05, 0) is 44.9 Å². The number of aryl methyl sites for hydroxylation is 1. The van der Waals surface area contributed by atoms with Crippen LogP contribution in [0.5, 0.6) is 0 Å². The van der Waals surface area contributed by atoms with Crippen LogP contribution in [0.15, 0.2) is 29.1 Å². The first-order valence-electron chi connectivity index (χ1n) is 8.20. The molecule has 0 spiro atoms. The third kappa shape index (κ3) is 6.80. The molecule has 0 unspecified atom stereocenters. The van der Waals surface area contributed by atoms with Crippen molar-refractivity contribution in [2.24, 2.45) is 0 Å². The third-order valence-corrected chi connectivity index (χ3v) is 3.19. The molecular formula is C17H23N5O4. The standard InChI is InChI=1S/C17H23N5O4/c1-17(2,3)26-14(23)8-7-11-5-4-6-12(9-11)19-15(24)18-10-13-20-16(25)22-21-13/h4-6,9H,7-8,10H2,1-3H3,(H2,18,19,24)(H2,20,21,22,25). The smallest absolute Gasteiger partial charge is 0.340 e. The molecule has 0 aliphatic rings. The molecule has 0 aliphatic heterocycles. The van der Waals surface area contributed by atoms with E-state index in [2.05, 4.69) is 25.8 Å². The summed E-state index contributed by atoms with van der Waals surface area (Å²) in [5, 5.41) is 11.2. The van der Waals surface area contributed by atoms with Gasteiger partial charge in [0.25, 0.3) is 0 Å². The zero-order valence-corrected chi connectivity index (χ0v) is 15.0. The SMILES string of the molecule is CC(C)(C)OC(=O)CCc1cccc(NC(=O)NCc2n[nH]c(=O)[nH]2)c1. The van der Waals surface area contributed by atoms with Gasteiger partial charge in [0.1, 0.15) is 11.4 Å². The highest BCUT2D eigenvalue weighted by Gasteiger charge is 2.16. The largest absolute Gasteiger partial charge is 0.460 e. The summed E-state index contributed by atoms with van der Waals surface area (Å²) in [5.41, 5.74) is 0.571. The minimum Gasteiger partial charge on any atom is -0.460 e. The number of nitrogens with one attached hydrogen (secondary N) is 4. The van der Waals surface area contributed by atoms with E-state index in [0.717, 1.165) is 5.56 Å². The van der Waals surface area contributed by atoms with Crippen molar-refractivity contribution in [2.45, 2.75) is 45.8 Å². The van der Waals surface area contributed by atoms with Crippen molar-refractivity contribution in [3.8, 4) is 0 Å². The Bertz CT molecular complexity index is 819. The number of carbonyl (C=O) groups is 2. The molecule has 0 fully saturated rings. The lowest BCUT2D eigenvalue weighted by atomic mass is 10.1. The number of rotatable bonds is 6. The summed E-state index contributed by atoms with van der Waals surface area (Å²) in [4.78, 5) is 37.0. The van der Waals surface area contributed by atoms with Crippen LogP contribution in [0.1, 0.15) is 38.6 Å². The van der Waals surface area contributed by atoms with Gasteiger partial charge in [0.15, 0.2) is 0 Å². The number of aromatic amines is 2. The number of hydrogen-bond donors (Lipinski definition) is 4. The fraction of sp³-hybridized carbons (Fsp3) is 0.412. The molecule has 2 amide bonds. The normalized spacial score (nSPS) is 11.0. The number of aromatic nitrogens is 3. The number of carbonyl (C=O) groups excluding carboxylic acids is 2. The summed E-state index contributed by atoms with van der Waals surface area (Å²) < 4.78 is 5.28. The number of H-pyrrole nitrogens is 2. The number of amides is 2. The van der Waals surface area contributed by atoms with Crippen LogP contribution in [0, 0.1) is 0 Å². The van der Waals surface area contributed by atoms with Gasteiger partial charge in [-0.25, -0.2) is 14.7 Å². The molecule has 0 bridgehead atoms. The molecule has 1 aromatic carbocycles. The average molecular weight is 361 g/mol. The molecule has 26 heavy (non-hydrogen) atoms. The van der Waals surface area contributed by atoms with Crippen molar-refractivity contribution >= 4 is 17.7 Å². The van der Waals surface area contributed by atoms with Crippen molar-refractivity contribution in [3.05, 3.63) is 46.1 Å². The summed E-state index contributed by atoms with van der Waals surface area (Å²) in [6.07, 6.45) is 0.778. The van der Waals surface area contributed by atoms with E-state index in [0.29, 0.717) is 17.9 Å². The second-order valence-corrected chi connectivity index (χ2v) is 6.72. The maximum atomic E-state index is 11.9. The van der Waals surface area contributed by atoms with Crippen molar-refractivity contribution in [3.63, 3.8) is 0 Å². The van der Waals surface area contributed by atoms with Crippen LogP contribution in [-0.2, 0) is 22.5 Å². The lowest BCUT2D eigenvalue weighted by Gasteiger charge is -2.19. The quantitative estimate of drug-likeness (QED) is 0.582. The Balaban J connectivity index is 1.83. The monoisotopic (exact) mass is 361 g/mol. The van der Waals surface area contributed by atoms with Gasteiger partial charge in [0.05, 0.1) is 6.54 Å². The van der Waals surface area contributed by atoms with E-state index < -0.39 is 17.3 Å². The number of nitrogens with zero attached hydrogens (tertiary/aromatic N) is 1. The van der Waals surface area contributed by atoms with Crippen LogP contribution in [0.4, 0.5) is 10.5 Å². The summed E-state index contributed by atoms with van der Waals surface area (Å²) >= 11 is 0. The number of anilines is 1. The predicted octanol–water partition coefficient (Wildman–Crippen LogP) is 1.69. The van der Waals surface area contributed by atoms with Crippen molar-refractivity contribution < 1.29 is 14.3 Å². The summed E-state index contributed by atoms with van der Waals surface area (Å²) in [6.45, 7) is 5.56. The zero-order chi connectivity index (χ0) is 19.2. The summed E-state index contributed by atoms with van der Waals surface area (Å²) in [6, 6.07) is 6.78. The van der Waals surface area contributed by atoms with Gasteiger partial charge in [0.2, 0.25) is 0 Å². The first-order chi connectivity index (χ1) is 12.2. The van der Waals surface area contributed by atoms with Crippen LogP contribution < -0.4 is 16.3 Å². The fourth-order valence-electron chi connectivity index (χ4n) is 2.17.